The Balaban J connectivity index is 2.12. The maximum Gasteiger partial charge on any atom is 0.161 e. The standard InChI is InChI=1S/C17H18Cl3NO2/c1-10(17-13(19)7-12(18)8-14(17)20)21-9-11-4-5-15(22-2)16(6-11)23-3/h4-8,10,21H,9H2,1-3H3. The van der Waals surface area contributed by atoms with Gasteiger partial charge < -0.3 is 14.8 Å². The van der Waals surface area contributed by atoms with Gasteiger partial charge in [0, 0.05) is 33.2 Å². The molecule has 0 heterocycles. The average molecular weight is 375 g/mol. The van der Waals surface area contributed by atoms with Crippen LogP contribution in [0, 0.1) is 0 Å². The van der Waals surface area contributed by atoms with E-state index in [0.29, 0.717) is 33.1 Å². The number of hydrogen-bond acceptors (Lipinski definition) is 3. The fraction of sp³-hybridized carbons (Fsp3) is 0.294. The van der Waals surface area contributed by atoms with E-state index in [-0.39, 0.29) is 6.04 Å². The molecule has 0 spiro atoms. The molecule has 1 atom stereocenters. The molecule has 0 aliphatic heterocycles. The summed E-state index contributed by atoms with van der Waals surface area (Å²) in [5, 5.41) is 5.02. The van der Waals surface area contributed by atoms with Crippen molar-refractivity contribution in [2.24, 2.45) is 0 Å². The van der Waals surface area contributed by atoms with Crippen molar-refractivity contribution >= 4 is 34.8 Å². The molecule has 0 bridgehead atoms. The van der Waals surface area contributed by atoms with Crippen molar-refractivity contribution in [2.45, 2.75) is 19.5 Å². The Hall–Kier alpha value is -1.13. The third kappa shape index (κ3) is 4.45. The summed E-state index contributed by atoms with van der Waals surface area (Å²) in [6.07, 6.45) is 0. The number of benzene rings is 2. The SMILES string of the molecule is COc1ccc(CNC(C)c2c(Cl)cc(Cl)cc2Cl)cc1OC. The van der Waals surface area contributed by atoms with E-state index in [1.807, 2.05) is 25.1 Å². The van der Waals surface area contributed by atoms with Gasteiger partial charge in [-0.2, -0.15) is 0 Å². The summed E-state index contributed by atoms with van der Waals surface area (Å²) in [4.78, 5) is 0. The lowest BCUT2D eigenvalue weighted by Gasteiger charge is -2.18. The fourth-order valence-corrected chi connectivity index (χ4v) is 3.47. The number of nitrogens with one attached hydrogen (secondary N) is 1. The Bertz CT molecular complexity index is 669. The minimum Gasteiger partial charge on any atom is -0.493 e. The number of ether oxygens (including phenoxy) is 2. The summed E-state index contributed by atoms with van der Waals surface area (Å²) >= 11 is 18.5. The van der Waals surface area contributed by atoms with Crippen molar-refractivity contribution < 1.29 is 9.47 Å². The largest absolute Gasteiger partial charge is 0.493 e. The maximum absolute atomic E-state index is 6.25. The van der Waals surface area contributed by atoms with Crippen molar-refractivity contribution in [2.75, 3.05) is 14.2 Å². The second-order valence-electron chi connectivity index (χ2n) is 5.08. The molecule has 3 nitrogen and oxygen atoms in total. The summed E-state index contributed by atoms with van der Waals surface area (Å²) < 4.78 is 10.5. The van der Waals surface area contributed by atoms with Gasteiger partial charge in [-0.15, -0.1) is 0 Å². The van der Waals surface area contributed by atoms with E-state index in [0.717, 1.165) is 11.1 Å². The molecular formula is C17H18Cl3NO2. The van der Waals surface area contributed by atoms with Crippen LogP contribution in [-0.4, -0.2) is 14.2 Å². The topological polar surface area (TPSA) is 30.5 Å². The molecule has 0 fully saturated rings. The van der Waals surface area contributed by atoms with Crippen LogP contribution in [0.25, 0.3) is 0 Å². The van der Waals surface area contributed by atoms with Crippen LogP contribution in [0.15, 0.2) is 30.3 Å². The van der Waals surface area contributed by atoms with Crippen LogP contribution in [0.4, 0.5) is 0 Å². The monoisotopic (exact) mass is 373 g/mol. The molecular weight excluding hydrogens is 357 g/mol. The van der Waals surface area contributed by atoms with Crippen LogP contribution >= 0.6 is 34.8 Å². The first-order chi connectivity index (χ1) is 11.0. The first kappa shape index (κ1) is 18.2. The van der Waals surface area contributed by atoms with E-state index in [1.54, 1.807) is 26.4 Å². The van der Waals surface area contributed by atoms with Gasteiger partial charge in [0.15, 0.2) is 11.5 Å². The summed E-state index contributed by atoms with van der Waals surface area (Å²) in [7, 11) is 3.23. The van der Waals surface area contributed by atoms with E-state index in [1.165, 1.54) is 0 Å². The lowest BCUT2D eigenvalue weighted by atomic mass is 10.1. The normalized spacial score (nSPS) is 12.1. The van der Waals surface area contributed by atoms with Gasteiger partial charge >= 0.3 is 0 Å². The van der Waals surface area contributed by atoms with Crippen LogP contribution in [0.3, 0.4) is 0 Å². The summed E-state index contributed by atoms with van der Waals surface area (Å²) in [5.74, 6) is 1.40. The van der Waals surface area contributed by atoms with E-state index in [4.69, 9.17) is 44.3 Å². The highest BCUT2D eigenvalue weighted by molar-refractivity contribution is 6.39. The highest BCUT2D eigenvalue weighted by Crippen LogP contribution is 2.34. The number of methoxy groups -OCH3 is 2. The predicted molar refractivity (Wildman–Crippen MR) is 96.3 cm³/mol. The molecule has 0 aliphatic rings. The van der Waals surface area contributed by atoms with E-state index < -0.39 is 0 Å². The first-order valence-corrected chi connectivity index (χ1v) is 8.18. The molecule has 0 saturated carbocycles. The summed E-state index contributed by atoms with van der Waals surface area (Å²) in [5.41, 5.74) is 1.90. The van der Waals surface area contributed by atoms with Crippen molar-refractivity contribution in [3.63, 3.8) is 0 Å². The van der Waals surface area contributed by atoms with E-state index in [9.17, 15) is 0 Å². The highest BCUT2D eigenvalue weighted by atomic mass is 35.5. The molecule has 124 valence electrons. The zero-order valence-electron chi connectivity index (χ0n) is 13.1. The average Bonchev–Trinajstić information content (AvgIpc) is 2.51. The second-order valence-corrected chi connectivity index (χ2v) is 6.33. The van der Waals surface area contributed by atoms with Crippen molar-refractivity contribution in [1.29, 1.82) is 0 Å². The van der Waals surface area contributed by atoms with Crippen LogP contribution in [0.1, 0.15) is 24.1 Å². The Morgan fingerprint density at radius 3 is 2.13 bits per heavy atom. The molecule has 23 heavy (non-hydrogen) atoms. The molecule has 1 N–H and O–H groups in total. The Labute approximate surface area is 151 Å². The van der Waals surface area contributed by atoms with Gasteiger partial charge in [0.1, 0.15) is 0 Å². The Morgan fingerprint density at radius 2 is 1.57 bits per heavy atom. The fourth-order valence-electron chi connectivity index (χ4n) is 2.33. The van der Waals surface area contributed by atoms with Gasteiger partial charge in [0.05, 0.1) is 14.2 Å². The van der Waals surface area contributed by atoms with E-state index in [2.05, 4.69) is 5.32 Å². The Kier molecular flexibility index (Phi) is 6.42. The summed E-state index contributed by atoms with van der Waals surface area (Å²) in [6.45, 7) is 2.64. The van der Waals surface area contributed by atoms with Crippen LogP contribution < -0.4 is 14.8 Å². The highest BCUT2D eigenvalue weighted by Gasteiger charge is 2.15. The summed E-state index contributed by atoms with van der Waals surface area (Å²) in [6, 6.07) is 9.15. The molecule has 1 unspecified atom stereocenters. The zero-order valence-corrected chi connectivity index (χ0v) is 15.4. The van der Waals surface area contributed by atoms with Gasteiger partial charge in [-0.3, -0.25) is 0 Å². The van der Waals surface area contributed by atoms with Crippen LogP contribution in [0.2, 0.25) is 15.1 Å². The molecule has 0 aliphatic carbocycles. The molecule has 0 aromatic heterocycles. The lowest BCUT2D eigenvalue weighted by molar-refractivity contribution is 0.354. The smallest absolute Gasteiger partial charge is 0.161 e. The zero-order chi connectivity index (χ0) is 17.0. The lowest BCUT2D eigenvalue weighted by Crippen LogP contribution is -2.19. The van der Waals surface area contributed by atoms with Crippen molar-refractivity contribution in [1.82, 2.24) is 5.32 Å². The van der Waals surface area contributed by atoms with Gasteiger partial charge in [-0.05, 0) is 36.8 Å². The van der Waals surface area contributed by atoms with Gasteiger partial charge in [0.25, 0.3) is 0 Å². The number of hydrogen-bond donors (Lipinski definition) is 1. The second kappa shape index (κ2) is 8.11. The quantitative estimate of drug-likeness (QED) is 0.722. The van der Waals surface area contributed by atoms with Gasteiger partial charge in [-0.25, -0.2) is 0 Å². The molecule has 6 heteroatoms. The minimum atomic E-state index is -0.0274. The van der Waals surface area contributed by atoms with Gasteiger partial charge in [0.2, 0.25) is 0 Å². The predicted octanol–water partition coefficient (Wildman–Crippen LogP) is 5.51. The third-order valence-electron chi connectivity index (χ3n) is 3.54. The number of rotatable bonds is 6. The van der Waals surface area contributed by atoms with Crippen LogP contribution in [-0.2, 0) is 6.54 Å². The third-order valence-corrected chi connectivity index (χ3v) is 4.38. The maximum atomic E-state index is 6.25. The van der Waals surface area contributed by atoms with Crippen molar-refractivity contribution in [3.05, 3.63) is 56.5 Å². The molecule has 2 aromatic carbocycles. The molecule has 0 amide bonds. The number of halogens is 3. The molecule has 0 saturated heterocycles. The molecule has 2 rings (SSSR count). The van der Waals surface area contributed by atoms with E-state index >= 15 is 0 Å². The van der Waals surface area contributed by atoms with Crippen LogP contribution in [0.5, 0.6) is 11.5 Å². The van der Waals surface area contributed by atoms with Gasteiger partial charge in [-0.1, -0.05) is 40.9 Å². The van der Waals surface area contributed by atoms with Crippen molar-refractivity contribution in [3.8, 4) is 11.5 Å². The molecule has 2 aromatic rings. The Morgan fingerprint density at radius 1 is 0.957 bits per heavy atom. The first-order valence-electron chi connectivity index (χ1n) is 7.05. The minimum absolute atomic E-state index is 0.0274. The molecule has 0 radical (unpaired) electrons.